The number of nitrogens with zero attached hydrogens (tertiary/aromatic N) is 2. The Morgan fingerprint density at radius 1 is 1.00 bits per heavy atom. The zero-order valence-corrected chi connectivity index (χ0v) is 17.6. The highest BCUT2D eigenvalue weighted by atomic mass is 16.2. The van der Waals surface area contributed by atoms with Crippen LogP contribution in [0.25, 0.3) is 0 Å². The average Bonchev–Trinajstić information content (AvgIpc) is 2.74. The third-order valence-electron chi connectivity index (χ3n) is 6.57. The zero-order chi connectivity index (χ0) is 20.6. The number of hydrogen-bond acceptors (Lipinski definition) is 3. The van der Waals surface area contributed by atoms with Gasteiger partial charge in [0.2, 0.25) is 5.91 Å². The second kappa shape index (κ2) is 7.75. The number of likely N-dealkylation sites (tertiary alicyclic amines) is 2. The molecule has 4 nitrogen and oxygen atoms in total. The van der Waals surface area contributed by atoms with Gasteiger partial charge in [-0.25, -0.2) is 0 Å². The number of hydrogen-bond donors (Lipinski definition) is 0. The topological polar surface area (TPSA) is 40.6 Å². The minimum atomic E-state index is -0.360. The maximum Gasteiger partial charge on any atom is 0.232 e. The van der Waals surface area contributed by atoms with Crippen LogP contribution in [0, 0.1) is 18.3 Å². The first-order valence-corrected chi connectivity index (χ1v) is 10.6. The van der Waals surface area contributed by atoms with Crippen LogP contribution in [-0.2, 0) is 4.79 Å². The fourth-order valence-electron chi connectivity index (χ4n) is 4.81. The standard InChI is InChI=1S/C25H30N2O2/c1-18-9-11-19(12-10-18)22(28)20-13-15-26(16-14-20)17-27-23(25(2,3)24(27)29)21-7-5-4-6-8-21/h4-12,20,23H,13-17H2,1-3H3/t23-/m1/s1. The molecule has 4 heteroatoms. The van der Waals surface area contributed by atoms with Crippen molar-refractivity contribution in [3.8, 4) is 0 Å². The lowest BCUT2D eigenvalue weighted by molar-refractivity contribution is -0.174. The van der Waals surface area contributed by atoms with E-state index < -0.39 is 0 Å². The Bertz CT molecular complexity index is 881. The van der Waals surface area contributed by atoms with Gasteiger partial charge >= 0.3 is 0 Å². The molecule has 29 heavy (non-hydrogen) atoms. The van der Waals surface area contributed by atoms with Crippen LogP contribution in [0.1, 0.15) is 54.2 Å². The Kier molecular flexibility index (Phi) is 5.30. The molecule has 0 spiro atoms. The van der Waals surface area contributed by atoms with Gasteiger partial charge in [0.05, 0.1) is 18.1 Å². The van der Waals surface area contributed by atoms with Gasteiger partial charge in [0.25, 0.3) is 0 Å². The molecular formula is C25H30N2O2. The molecule has 0 aliphatic carbocycles. The Morgan fingerprint density at radius 3 is 2.24 bits per heavy atom. The second-order valence-corrected chi connectivity index (χ2v) is 9.07. The number of amides is 1. The van der Waals surface area contributed by atoms with E-state index >= 15 is 0 Å². The van der Waals surface area contributed by atoms with Gasteiger partial charge in [-0.05, 0) is 39.2 Å². The molecule has 4 rings (SSSR count). The molecule has 0 N–H and O–H groups in total. The van der Waals surface area contributed by atoms with Crippen LogP contribution in [0.15, 0.2) is 54.6 Å². The van der Waals surface area contributed by atoms with Crippen molar-refractivity contribution in [3.05, 3.63) is 71.3 Å². The third kappa shape index (κ3) is 3.74. The summed E-state index contributed by atoms with van der Waals surface area (Å²) in [6, 6.07) is 18.3. The molecule has 2 aliphatic rings. The van der Waals surface area contributed by atoms with Crippen LogP contribution >= 0.6 is 0 Å². The Morgan fingerprint density at radius 2 is 1.62 bits per heavy atom. The van der Waals surface area contributed by atoms with Crippen LogP contribution in [0.4, 0.5) is 0 Å². The number of piperidine rings is 1. The summed E-state index contributed by atoms with van der Waals surface area (Å²) in [4.78, 5) is 29.9. The molecule has 2 aromatic carbocycles. The van der Waals surface area contributed by atoms with E-state index in [0.717, 1.165) is 31.5 Å². The summed E-state index contributed by atoms with van der Waals surface area (Å²) in [6.07, 6.45) is 1.71. The summed E-state index contributed by atoms with van der Waals surface area (Å²) in [5.41, 5.74) is 2.83. The van der Waals surface area contributed by atoms with Crippen LogP contribution in [0.5, 0.6) is 0 Å². The van der Waals surface area contributed by atoms with Crippen molar-refractivity contribution in [1.82, 2.24) is 9.80 Å². The van der Waals surface area contributed by atoms with Gasteiger partial charge < -0.3 is 4.90 Å². The largest absolute Gasteiger partial charge is 0.321 e. The summed E-state index contributed by atoms with van der Waals surface area (Å²) in [7, 11) is 0. The molecule has 1 atom stereocenters. The number of benzene rings is 2. The highest BCUT2D eigenvalue weighted by molar-refractivity contribution is 5.98. The number of rotatable bonds is 5. The second-order valence-electron chi connectivity index (χ2n) is 9.07. The van der Waals surface area contributed by atoms with Gasteiger partial charge in [-0.1, -0.05) is 60.2 Å². The van der Waals surface area contributed by atoms with Gasteiger partial charge in [-0.15, -0.1) is 0 Å². The van der Waals surface area contributed by atoms with Crippen molar-refractivity contribution in [1.29, 1.82) is 0 Å². The number of ketones is 1. The molecular weight excluding hydrogens is 360 g/mol. The quantitative estimate of drug-likeness (QED) is 0.559. The normalized spacial score (nSPS) is 22.4. The van der Waals surface area contributed by atoms with Gasteiger partial charge in [0.15, 0.2) is 5.78 Å². The SMILES string of the molecule is Cc1ccc(C(=O)C2CCN(CN3C(=O)C(C)(C)[C@H]3c3ccccc3)CC2)cc1. The molecule has 2 fully saturated rings. The van der Waals surface area contributed by atoms with E-state index in [1.54, 1.807) is 0 Å². The fourth-order valence-corrected chi connectivity index (χ4v) is 4.81. The molecule has 0 aromatic heterocycles. The molecule has 2 saturated heterocycles. The van der Waals surface area contributed by atoms with Gasteiger partial charge in [0.1, 0.15) is 0 Å². The van der Waals surface area contributed by atoms with Crippen LogP contribution in [0.2, 0.25) is 0 Å². The van der Waals surface area contributed by atoms with Crippen LogP contribution in [-0.4, -0.2) is 41.2 Å². The van der Waals surface area contributed by atoms with Crippen molar-refractivity contribution in [2.75, 3.05) is 19.8 Å². The van der Waals surface area contributed by atoms with E-state index in [1.165, 1.54) is 11.1 Å². The number of β-lactam (4-membered cyclic amide) rings is 1. The highest BCUT2D eigenvalue weighted by Gasteiger charge is 2.54. The first-order chi connectivity index (χ1) is 13.9. The maximum absolute atomic E-state index is 12.8. The van der Waals surface area contributed by atoms with Crippen molar-refractivity contribution in [3.63, 3.8) is 0 Å². The van der Waals surface area contributed by atoms with Gasteiger partial charge in [-0.3, -0.25) is 14.5 Å². The van der Waals surface area contributed by atoms with Crippen molar-refractivity contribution in [2.24, 2.45) is 11.3 Å². The number of carbonyl (C=O) groups excluding carboxylic acids is 2. The van der Waals surface area contributed by atoms with Crippen LogP contribution in [0.3, 0.4) is 0 Å². The highest BCUT2D eigenvalue weighted by Crippen LogP contribution is 2.49. The summed E-state index contributed by atoms with van der Waals surface area (Å²) in [5, 5.41) is 0. The molecule has 2 aromatic rings. The van der Waals surface area contributed by atoms with Gasteiger partial charge in [-0.2, -0.15) is 0 Å². The van der Waals surface area contributed by atoms with Crippen LogP contribution < -0.4 is 0 Å². The summed E-state index contributed by atoms with van der Waals surface area (Å²) in [5.74, 6) is 0.555. The predicted octanol–water partition coefficient (Wildman–Crippen LogP) is 4.46. The smallest absolute Gasteiger partial charge is 0.232 e. The van der Waals surface area contributed by atoms with Crippen molar-refractivity contribution < 1.29 is 9.59 Å². The molecule has 2 aliphatic heterocycles. The average molecular weight is 391 g/mol. The van der Waals surface area contributed by atoms with E-state index in [9.17, 15) is 9.59 Å². The number of carbonyl (C=O) groups is 2. The molecule has 152 valence electrons. The number of Topliss-reactive ketones (excluding diaryl/α,β-unsaturated/α-hetero) is 1. The van der Waals surface area contributed by atoms with Gasteiger partial charge in [0, 0.05) is 24.6 Å². The summed E-state index contributed by atoms with van der Waals surface area (Å²) >= 11 is 0. The van der Waals surface area contributed by atoms with Crippen molar-refractivity contribution in [2.45, 2.75) is 39.7 Å². The minimum absolute atomic E-state index is 0.0856. The third-order valence-corrected chi connectivity index (χ3v) is 6.57. The van der Waals surface area contributed by atoms with E-state index in [0.29, 0.717) is 6.67 Å². The Labute approximate surface area is 173 Å². The fraction of sp³-hybridized carbons (Fsp3) is 0.440. The Balaban J connectivity index is 1.37. The molecule has 0 radical (unpaired) electrons. The zero-order valence-electron chi connectivity index (χ0n) is 17.6. The minimum Gasteiger partial charge on any atom is -0.321 e. The van der Waals surface area contributed by atoms with E-state index in [4.69, 9.17) is 0 Å². The lowest BCUT2D eigenvalue weighted by atomic mass is 9.71. The van der Waals surface area contributed by atoms with Crippen molar-refractivity contribution >= 4 is 11.7 Å². The summed E-state index contributed by atoms with van der Waals surface area (Å²) < 4.78 is 0. The molecule has 0 saturated carbocycles. The van der Waals surface area contributed by atoms with E-state index in [2.05, 4.69) is 17.0 Å². The molecule has 0 bridgehead atoms. The van der Waals surface area contributed by atoms with E-state index in [1.807, 2.05) is 68.1 Å². The van der Waals surface area contributed by atoms with E-state index in [-0.39, 0.29) is 29.1 Å². The number of aryl methyl sites for hydroxylation is 1. The molecule has 0 unspecified atom stereocenters. The lowest BCUT2D eigenvalue weighted by Gasteiger charge is -2.54. The molecule has 2 heterocycles. The first-order valence-electron chi connectivity index (χ1n) is 10.6. The predicted molar refractivity (Wildman–Crippen MR) is 114 cm³/mol. The summed E-state index contributed by atoms with van der Waals surface area (Å²) in [6.45, 7) is 8.47. The maximum atomic E-state index is 12.8. The monoisotopic (exact) mass is 390 g/mol. The Hall–Kier alpha value is -2.46. The first kappa shape index (κ1) is 19.8. The molecule has 1 amide bonds. The lowest BCUT2D eigenvalue weighted by Crippen LogP contribution is -2.63.